The Morgan fingerprint density at radius 3 is 3.00 bits per heavy atom. The molecular formula is C6H6N4O2S. The minimum Gasteiger partial charge on any atom is -0.327 e. The van der Waals surface area contributed by atoms with Gasteiger partial charge in [0.25, 0.3) is 10.0 Å². The molecule has 0 fully saturated rings. The van der Waals surface area contributed by atoms with E-state index in [4.69, 9.17) is 0 Å². The smallest absolute Gasteiger partial charge is 0.289 e. The quantitative estimate of drug-likeness (QED) is 0.634. The van der Waals surface area contributed by atoms with E-state index in [2.05, 4.69) is 19.7 Å². The molecule has 1 aliphatic heterocycles. The zero-order valence-electron chi connectivity index (χ0n) is 6.72. The molecule has 0 saturated heterocycles. The summed E-state index contributed by atoms with van der Waals surface area (Å²) in [7, 11) is -3.59. The molecule has 0 atom stereocenters. The van der Waals surface area contributed by atoms with Crippen LogP contribution in [0, 0.1) is 0 Å². The van der Waals surface area contributed by atoms with Gasteiger partial charge in [-0.05, 0) is 6.92 Å². The average Bonchev–Trinajstić information content (AvgIpc) is 2.02. The number of hydrogen-bond donors (Lipinski definition) is 1. The summed E-state index contributed by atoms with van der Waals surface area (Å²) in [6, 6.07) is 0. The van der Waals surface area contributed by atoms with Crippen molar-refractivity contribution < 1.29 is 8.42 Å². The van der Waals surface area contributed by atoms with E-state index in [1.807, 2.05) is 0 Å². The second-order valence-corrected chi connectivity index (χ2v) is 4.08. The molecule has 2 rings (SSSR count). The summed E-state index contributed by atoms with van der Waals surface area (Å²) >= 11 is 0. The predicted molar refractivity (Wildman–Crippen MR) is 45.9 cm³/mol. The SMILES string of the molecule is CC1=NS(=O)(=O)c2cncnc2N1. The Hall–Kier alpha value is -1.50. The van der Waals surface area contributed by atoms with Gasteiger partial charge < -0.3 is 5.32 Å². The second kappa shape index (κ2) is 2.49. The summed E-state index contributed by atoms with van der Waals surface area (Å²) in [5.74, 6) is 0.591. The van der Waals surface area contributed by atoms with E-state index in [9.17, 15) is 8.42 Å². The van der Waals surface area contributed by atoms with Gasteiger partial charge in [-0.15, -0.1) is 4.40 Å². The molecule has 1 aromatic heterocycles. The third kappa shape index (κ3) is 1.26. The zero-order valence-corrected chi connectivity index (χ0v) is 7.54. The van der Waals surface area contributed by atoms with Crippen LogP contribution >= 0.6 is 0 Å². The number of amidine groups is 1. The van der Waals surface area contributed by atoms with Gasteiger partial charge >= 0.3 is 0 Å². The fourth-order valence-electron chi connectivity index (χ4n) is 1.02. The van der Waals surface area contributed by atoms with Crippen LogP contribution in [-0.4, -0.2) is 24.2 Å². The molecule has 0 aliphatic carbocycles. The van der Waals surface area contributed by atoms with Crippen LogP contribution in [0.25, 0.3) is 0 Å². The summed E-state index contributed by atoms with van der Waals surface area (Å²) in [6.07, 6.45) is 2.50. The molecule has 0 radical (unpaired) electrons. The van der Waals surface area contributed by atoms with Crippen LogP contribution in [-0.2, 0) is 10.0 Å². The maximum Gasteiger partial charge on any atom is 0.289 e. The molecule has 0 unspecified atom stereocenters. The molecule has 68 valence electrons. The van der Waals surface area contributed by atoms with Crippen LogP contribution in [0.5, 0.6) is 0 Å². The maximum atomic E-state index is 11.4. The van der Waals surface area contributed by atoms with E-state index in [0.717, 1.165) is 0 Å². The summed E-state index contributed by atoms with van der Waals surface area (Å²) in [6.45, 7) is 1.56. The highest BCUT2D eigenvalue weighted by Crippen LogP contribution is 2.22. The number of nitrogens with one attached hydrogen (secondary N) is 1. The van der Waals surface area contributed by atoms with Crippen molar-refractivity contribution in [2.75, 3.05) is 5.32 Å². The summed E-state index contributed by atoms with van der Waals surface area (Å²) in [5.41, 5.74) is 0. The van der Waals surface area contributed by atoms with Crippen molar-refractivity contribution in [2.24, 2.45) is 4.40 Å². The zero-order chi connectivity index (χ0) is 9.47. The van der Waals surface area contributed by atoms with Gasteiger partial charge in [-0.3, -0.25) is 0 Å². The third-order valence-electron chi connectivity index (χ3n) is 1.51. The van der Waals surface area contributed by atoms with E-state index in [0.29, 0.717) is 5.84 Å². The van der Waals surface area contributed by atoms with Crippen LogP contribution in [0.3, 0.4) is 0 Å². The first kappa shape index (κ1) is 8.11. The molecule has 13 heavy (non-hydrogen) atoms. The first-order chi connectivity index (χ1) is 6.09. The molecule has 1 N–H and O–H groups in total. The third-order valence-corrected chi connectivity index (χ3v) is 2.88. The van der Waals surface area contributed by atoms with Crippen molar-refractivity contribution in [3.8, 4) is 0 Å². The molecule has 6 nitrogen and oxygen atoms in total. The van der Waals surface area contributed by atoms with Crippen molar-refractivity contribution in [2.45, 2.75) is 11.8 Å². The summed E-state index contributed by atoms with van der Waals surface area (Å²) < 4.78 is 26.2. The van der Waals surface area contributed by atoms with Gasteiger partial charge in [0.05, 0.1) is 6.20 Å². The maximum absolute atomic E-state index is 11.4. The van der Waals surface area contributed by atoms with Crippen molar-refractivity contribution in [3.05, 3.63) is 12.5 Å². The molecular weight excluding hydrogens is 192 g/mol. The number of hydrogen-bond acceptors (Lipinski definition) is 5. The van der Waals surface area contributed by atoms with Crippen LogP contribution < -0.4 is 5.32 Å². The molecule has 0 spiro atoms. The first-order valence-electron chi connectivity index (χ1n) is 3.48. The monoisotopic (exact) mass is 198 g/mol. The van der Waals surface area contributed by atoms with Gasteiger partial charge in [0.2, 0.25) is 0 Å². The molecule has 1 aliphatic rings. The molecule has 7 heteroatoms. The van der Waals surface area contributed by atoms with Gasteiger partial charge in [0.1, 0.15) is 12.2 Å². The highest BCUT2D eigenvalue weighted by atomic mass is 32.2. The Kier molecular flexibility index (Phi) is 1.56. The van der Waals surface area contributed by atoms with E-state index in [-0.39, 0.29) is 10.7 Å². The lowest BCUT2D eigenvalue weighted by Gasteiger charge is -2.12. The molecule has 1 aromatic rings. The van der Waals surface area contributed by atoms with E-state index >= 15 is 0 Å². The first-order valence-corrected chi connectivity index (χ1v) is 4.92. The minimum atomic E-state index is -3.59. The molecule has 0 amide bonds. The normalized spacial score (nSPS) is 18.4. The lowest BCUT2D eigenvalue weighted by atomic mass is 10.5. The van der Waals surface area contributed by atoms with Gasteiger partial charge in [-0.1, -0.05) is 0 Å². The van der Waals surface area contributed by atoms with E-state index in [1.165, 1.54) is 12.5 Å². The lowest BCUT2D eigenvalue weighted by Crippen LogP contribution is -2.19. The fraction of sp³-hybridized carbons (Fsp3) is 0.167. The summed E-state index contributed by atoms with van der Waals surface area (Å²) in [5, 5.41) is 2.74. The number of aromatic nitrogens is 2. The highest BCUT2D eigenvalue weighted by Gasteiger charge is 2.23. The Bertz CT molecular complexity index is 479. The number of sulfonamides is 1. The molecule has 0 bridgehead atoms. The summed E-state index contributed by atoms with van der Waals surface area (Å²) in [4.78, 5) is 7.42. The second-order valence-electron chi connectivity index (χ2n) is 2.51. The molecule has 0 aromatic carbocycles. The van der Waals surface area contributed by atoms with E-state index < -0.39 is 10.0 Å². The van der Waals surface area contributed by atoms with Gasteiger partial charge in [-0.25, -0.2) is 9.97 Å². The standard InChI is InChI=1S/C6H6N4O2S/c1-4-9-6-5(2-7-3-8-6)13(11,12)10-4/h2-3H,1H3,(H,7,8,9,10). The van der Waals surface area contributed by atoms with Gasteiger partial charge in [0, 0.05) is 0 Å². The Labute approximate surface area is 74.8 Å². The highest BCUT2D eigenvalue weighted by molar-refractivity contribution is 7.90. The van der Waals surface area contributed by atoms with Crippen molar-refractivity contribution in [3.63, 3.8) is 0 Å². The van der Waals surface area contributed by atoms with Crippen LogP contribution in [0.2, 0.25) is 0 Å². The lowest BCUT2D eigenvalue weighted by molar-refractivity contribution is 0.597. The topological polar surface area (TPSA) is 84.3 Å². The Balaban J connectivity index is 2.73. The number of fused-ring (bicyclic) bond motifs is 1. The molecule has 0 saturated carbocycles. The van der Waals surface area contributed by atoms with Crippen LogP contribution in [0.4, 0.5) is 5.82 Å². The van der Waals surface area contributed by atoms with E-state index in [1.54, 1.807) is 6.92 Å². The minimum absolute atomic E-state index is 0.0144. The number of rotatable bonds is 0. The van der Waals surface area contributed by atoms with Crippen LogP contribution in [0.1, 0.15) is 6.92 Å². The molecule has 2 heterocycles. The van der Waals surface area contributed by atoms with Crippen molar-refractivity contribution in [1.82, 2.24) is 9.97 Å². The number of nitrogens with zero attached hydrogens (tertiary/aromatic N) is 3. The van der Waals surface area contributed by atoms with Crippen molar-refractivity contribution >= 4 is 21.7 Å². The largest absolute Gasteiger partial charge is 0.327 e. The average molecular weight is 198 g/mol. The van der Waals surface area contributed by atoms with Crippen LogP contribution in [0.15, 0.2) is 21.8 Å². The van der Waals surface area contributed by atoms with Gasteiger partial charge in [0.15, 0.2) is 10.7 Å². The van der Waals surface area contributed by atoms with Crippen molar-refractivity contribution in [1.29, 1.82) is 0 Å². The van der Waals surface area contributed by atoms with Gasteiger partial charge in [-0.2, -0.15) is 8.42 Å². The number of anilines is 1. The predicted octanol–water partition coefficient (Wildman–Crippen LogP) is 0.00920. The Morgan fingerprint density at radius 1 is 1.46 bits per heavy atom. The fourth-order valence-corrected chi connectivity index (χ4v) is 2.07. The Morgan fingerprint density at radius 2 is 2.23 bits per heavy atom.